The maximum Gasteiger partial charge on any atom is 0.282 e. The lowest BCUT2D eigenvalue weighted by atomic mass is 10.1. The number of rotatable bonds is 5. The van der Waals surface area contributed by atoms with Crippen LogP contribution in [-0.4, -0.2) is 16.5 Å². The number of nitro benzene ring substituents is 1. The van der Waals surface area contributed by atoms with Crippen LogP contribution in [0, 0.1) is 16.0 Å². The molecule has 0 unspecified atom stereocenters. The summed E-state index contributed by atoms with van der Waals surface area (Å²) in [5.41, 5.74) is 2.91. The number of nitro groups is 1. The van der Waals surface area contributed by atoms with Gasteiger partial charge in [-0.3, -0.25) is 14.9 Å². The number of benzene rings is 1. The van der Waals surface area contributed by atoms with Crippen molar-refractivity contribution >= 4 is 17.3 Å². The Bertz CT molecular complexity index is 510. The SMILES string of the molecule is CC(CC(C)C)=NNC(=O)c1ccccc1[N+](=O)[O-]. The molecule has 1 aromatic rings. The van der Waals surface area contributed by atoms with E-state index in [1.165, 1.54) is 18.2 Å². The van der Waals surface area contributed by atoms with Gasteiger partial charge in [0.15, 0.2) is 0 Å². The fourth-order valence-electron chi connectivity index (χ4n) is 1.67. The molecule has 0 aliphatic rings. The first-order chi connectivity index (χ1) is 8.91. The average Bonchev–Trinajstić information content (AvgIpc) is 2.35. The van der Waals surface area contributed by atoms with Gasteiger partial charge in [-0.2, -0.15) is 5.10 Å². The van der Waals surface area contributed by atoms with E-state index in [1.807, 2.05) is 13.8 Å². The first-order valence-corrected chi connectivity index (χ1v) is 5.98. The van der Waals surface area contributed by atoms with E-state index in [0.29, 0.717) is 5.92 Å². The van der Waals surface area contributed by atoms with E-state index < -0.39 is 10.8 Å². The van der Waals surface area contributed by atoms with Gasteiger partial charge in [-0.05, 0) is 25.3 Å². The molecule has 0 saturated carbocycles. The molecule has 0 saturated heterocycles. The van der Waals surface area contributed by atoms with E-state index in [-0.39, 0.29) is 11.3 Å². The molecule has 1 N–H and O–H groups in total. The number of amides is 1. The fraction of sp³-hybridized carbons (Fsp3) is 0.385. The molecule has 102 valence electrons. The number of hydrogen-bond donors (Lipinski definition) is 1. The van der Waals surface area contributed by atoms with Crippen LogP contribution in [0.1, 0.15) is 37.6 Å². The second-order valence-corrected chi connectivity index (χ2v) is 4.66. The van der Waals surface area contributed by atoms with Gasteiger partial charge in [0.1, 0.15) is 5.56 Å². The summed E-state index contributed by atoms with van der Waals surface area (Å²) in [5, 5.41) is 14.7. The number of nitrogens with one attached hydrogen (secondary N) is 1. The number of hydrazone groups is 1. The third-order valence-corrected chi connectivity index (χ3v) is 2.40. The van der Waals surface area contributed by atoms with Crippen molar-refractivity contribution in [2.24, 2.45) is 11.0 Å². The van der Waals surface area contributed by atoms with E-state index in [4.69, 9.17) is 0 Å². The molecule has 1 amide bonds. The van der Waals surface area contributed by atoms with Gasteiger partial charge in [0.2, 0.25) is 0 Å². The lowest BCUT2D eigenvalue weighted by molar-refractivity contribution is -0.385. The third kappa shape index (κ3) is 4.50. The van der Waals surface area contributed by atoms with Crippen LogP contribution in [0.15, 0.2) is 29.4 Å². The van der Waals surface area contributed by atoms with Crippen LogP contribution < -0.4 is 5.43 Å². The molecule has 0 bridgehead atoms. The van der Waals surface area contributed by atoms with Crippen molar-refractivity contribution < 1.29 is 9.72 Å². The summed E-state index contributed by atoms with van der Waals surface area (Å²) in [7, 11) is 0. The Morgan fingerprint density at radius 1 is 1.42 bits per heavy atom. The summed E-state index contributed by atoms with van der Waals surface area (Å²) in [6.45, 7) is 5.89. The van der Waals surface area contributed by atoms with Crippen molar-refractivity contribution in [2.75, 3.05) is 0 Å². The van der Waals surface area contributed by atoms with Crippen LogP contribution in [0.2, 0.25) is 0 Å². The Morgan fingerprint density at radius 2 is 2.05 bits per heavy atom. The minimum Gasteiger partial charge on any atom is -0.267 e. The third-order valence-electron chi connectivity index (χ3n) is 2.40. The van der Waals surface area contributed by atoms with Crippen LogP contribution in [0.4, 0.5) is 5.69 Å². The zero-order valence-corrected chi connectivity index (χ0v) is 11.2. The van der Waals surface area contributed by atoms with Gasteiger partial charge in [-0.25, -0.2) is 5.43 Å². The highest BCUT2D eigenvalue weighted by molar-refractivity contribution is 5.98. The van der Waals surface area contributed by atoms with Crippen molar-refractivity contribution in [1.82, 2.24) is 5.43 Å². The zero-order chi connectivity index (χ0) is 14.4. The highest BCUT2D eigenvalue weighted by atomic mass is 16.6. The number of carbonyl (C=O) groups excluding carboxylic acids is 1. The minimum atomic E-state index is -0.584. The molecule has 6 nitrogen and oxygen atoms in total. The molecule has 0 spiro atoms. The van der Waals surface area contributed by atoms with Crippen LogP contribution in [0.5, 0.6) is 0 Å². The summed E-state index contributed by atoms with van der Waals surface area (Å²) in [4.78, 5) is 22.1. The summed E-state index contributed by atoms with van der Waals surface area (Å²) < 4.78 is 0. The summed E-state index contributed by atoms with van der Waals surface area (Å²) in [6.07, 6.45) is 0.761. The van der Waals surface area contributed by atoms with Gasteiger partial charge in [-0.15, -0.1) is 0 Å². The summed E-state index contributed by atoms with van der Waals surface area (Å²) >= 11 is 0. The Hall–Kier alpha value is -2.24. The van der Waals surface area contributed by atoms with Crippen molar-refractivity contribution in [1.29, 1.82) is 0 Å². The first kappa shape index (κ1) is 14.8. The molecule has 0 aromatic heterocycles. The van der Waals surface area contributed by atoms with E-state index in [0.717, 1.165) is 12.1 Å². The quantitative estimate of drug-likeness (QED) is 0.503. The Kier molecular flexibility index (Phi) is 5.17. The summed E-state index contributed by atoms with van der Waals surface area (Å²) in [5.74, 6) is -0.137. The van der Waals surface area contributed by atoms with Crippen LogP contribution >= 0.6 is 0 Å². The second-order valence-electron chi connectivity index (χ2n) is 4.66. The van der Waals surface area contributed by atoms with Gasteiger partial charge in [0, 0.05) is 11.8 Å². The highest BCUT2D eigenvalue weighted by Crippen LogP contribution is 2.17. The first-order valence-electron chi connectivity index (χ1n) is 5.98. The van der Waals surface area contributed by atoms with Crippen molar-refractivity contribution in [3.05, 3.63) is 39.9 Å². The standard InChI is InChI=1S/C13H17N3O3/c1-9(2)8-10(3)14-15-13(17)11-6-4-5-7-12(11)16(18)19/h4-7,9H,8H2,1-3H3,(H,15,17). The lowest BCUT2D eigenvalue weighted by Crippen LogP contribution is -2.20. The van der Waals surface area contributed by atoms with Gasteiger partial charge in [0.25, 0.3) is 11.6 Å². The van der Waals surface area contributed by atoms with Crippen molar-refractivity contribution in [3.8, 4) is 0 Å². The van der Waals surface area contributed by atoms with Crippen LogP contribution in [0.3, 0.4) is 0 Å². The molecule has 0 aliphatic heterocycles. The van der Waals surface area contributed by atoms with E-state index in [1.54, 1.807) is 13.0 Å². The number of para-hydroxylation sites is 1. The lowest BCUT2D eigenvalue weighted by Gasteiger charge is -2.05. The number of carbonyl (C=O) groups is 1. The molecular weight excluding hydrogens is 246 g/mol. The van der Waals surface area contributed by atoms with E-state index >= 15 is 0 Å². The Labute approximate surface area is 111 Å². The molecule has 0 atom stereocenters. The zero-order valence-electron chi connectivity index (χ0n) is 11.2. The molecule has 1 rings (SSSR count). The number of hydrogen-bond acceptors (Lipinski definition) is 4. The smallest absolute Gasteiger partial charge is 0.267 e. The van der Waals surface area contributed by atoms with Crippen LogP contribution in [-0.2, 0) is 0 Å². The van der Waals surface area contributed by atoms with Crippen LogP contribution in [0.25, 0.3) is 0 Å². The maximum atomic E-state index is 11.8. The summed E-state index contributed by atoms with van der Waals surface area (Å²) in [6, 6.07) is 5.79. The second kappa shape index (κ2) is 6.63. The topological polar surface area (TPSA) is 84.6 Å². The molecule has 0 aliphatic carbocycles. The van der Waals surface area contributed by atoms with E-state index in [9.17, 15) is 14.9 Å². The highest BCUT2D eigenvalue weighted by Gasteiger charge is 2.18. The average molecular weight is 263 g/mol. The Morgan fingerprint density at radius 3 is 2.63 bits per heavy atom. The monoisotopic (exact) mass is 263 g/mol. The van der Waals surface area contributed by atoms with Gasteiger partial charge < -0.3 is 0 Å². The maximum absolute atomic E-state index is 11.8. The van der Waals surface area contributed by atoms with Gasteiger partial charge in [-0.1, -0.05) is 26.0 Å². The normalized spacial score (nSPS) is 11.5. The van der Waals surface area contributed by atoms with Gasteiger partial charge >= 0.3 is 0 Å². The molecule has 1 aromatic carbocycles. The van der Waals surface area contributed by atoms with Crippen molar-refractivity contribution in [2.45, 2.75) is 27.2 Å². The molecule has 0 radical (unpaired) electrons. The van der Waals surface area contributed by atoms with Crippen molar-refractivity contribution in [3.63, 3.8) is 0 Å². The molecular formula is C13H17N3O3. The molecule has 19 heavy (non-hydrogen) atoms. The fourth-order valence-corrected chi connectivity index (χ4v) is 1.67. The molecule has 0 heterocycles. The van der Waals surface area contributed by atoms with E-state index in [2.05, 4.69) is 10.5 Å². The largest absolute Gasteiger partial charge is 0.282 e. The predicted molar refractivity (Wildman–Crippen MR) is 73.1 cm³/mol. The van der Waals surface area contributed by atoms with Gasteiger partial charge in [0.05, 0.1) is 4.92 Å². The molecule has 6 heteroatoms. The number of nitrogens with zero attached hydrogens (tertiary/aromatic N) is 2. The predicted octanol–water partition coefficient (Wildman–Crippen LogP) is 2.75. The molecule has 0 fully saturated rings. The minimum absolute atomic E-state index is 0.00796. The Balaban J connectivity index is 2.82.